The van der Waals surface area contributed by atoms with E-state index in [1.165, 1.54) is 24.4 Å². The molecule has 1 aromatic heterocycles. The Bertz CT molecular complexity index is 1330. The molecular weight excluding hydrogens is 468 g/mol. The third-order valence-corrected chi connectivity index (χ3v) is 5.72. The van der Waals surface area contributed by atoms with Gasteiger partial charge in [-0.1, -0.05) is 11.6 Å². The van der Waals surface area contributed by atoms with Crippen LogP contribution in [0.2, 0.25) is 5.02 Å². The molecule has 0 fully saturated rings. The Labute approximate surface area is 208 Å². The lowest BCUT2D eigenvalue weighted by Gasteiger charge is -2.19. The summed E-state index contributed by atoms with van der Waals surface area (Å²) in [7, 11) is 4.70. The number of nitrogens with zero attached hydrogens (tertiary/aromatic N) is 4. The predicted molar refractivity (Wildman–Crippen MR) is 141 cm³/mol. The van der Waals surface area contributed by atoms with Crippen LogP contribution in [0.5, 0.6) is 5.75 Å². The zero-order valence-electron chi connectivity index (χ0n) is 19.8. The number of halogens is 1. The smallest absolute Gasteiger partial charge is 0.261 e. The molecule has 6 N–H and O–H groups in total. The molecule has 0 unspecified atom stereocenters. The first kappa shape index (κ1) is 25.3. The Hall–Kier alpha value is -4.31. The minimum atomic E-state index is -0.302. The van der Waals surface area contributed by atoms with E-state index in [0.717, 1.165) is 11.8 Å². The number of aliphatic imine (C=N–C) groups is 1. The Morgan fingerprint density at radius 2 is 2.09 bits per heavy atom. The third-order valence-electron chi connectivity index (χ3n) is 5.31. The third kappa shape index (κ3) is 5.12. The molecule has 0 saturated carbocycles. The van der Waals surface area contributed by atoms with Gasteiger partial charge in [0.1, 0.15) is 5.75 Å². The molecule has 1 heterocycles. The number of anilines is 3. The van der Waals surface area contributed by atoms with Crippen molar-refractivity contribution in [2.24, 2.45) is 10.7 Å². The molecular formula is C24H27ClN8O2. The highest BCUT2D eigenvalue weighted by Crippen LogP contribution is 2.32. The van der Waals surface area contributed by atoms with Gasteiger partial charge >= 0.3 is 0 Å². The Kier molecular flexibility index (Phi) is 7.77. The fourth-order valence-corrected chi connectivity index (χ4v) is 3.64. The van der Waals surface area contributed by atoms with Crippen molar-refractivity contribution in [3.63, 3.8) is 0 Å². The van der Waals surface area contributed by atoms with Crippen molar-refractivity contribution in [2.75, 3.05) is 32.3 Å². The fraction of sp³-hybridized carbons (Fsp3) is 0.167. The number of benzene rings is 2. The van der Waals surface area contributed by atoms with Crippen LogP contribution in [0, 0.1) is 12.3 Å². The molecule has 182 valence electrons. The molecule has 0 radical (unpaired) electrons. The molecule has 0 spiro atoms. The molecule has 0 aliphatic carbocycles. The Morgan fingerprint density at radius 3 is 2.71 bits per heavy atom. The second kappa shape index (κ2) is 10.7. The second-order valence-electron chi connectivity index (χ2n) is 7.53. The van der Waals surface area contributed by atoms with Gasteiger partial charge in [0.05, 0.1) is 34.8 Å². The van der Waals surface area contributed by atoms with Gasteiger partial charge in [-0.25, -0.2) is 4.68 Å². The molecule has 1 amide bonds. The number of carbonyl (C=O) groups excluding carboxylic acids is 1. The normalized spacial score (nSPS) is 11.5. The Morgan fingerprint density at radius 1 is 1.34 bits per heavy atom. The Balaban J connectivity index is 1.93. The van der Waals surface area contributed by atoms with Crippen molar-refractivity contribution >= 4 is 47.1 Å². The van der Waals surface area contributed by atoms with Crippen LogP contribution in [0.1, 0.15) is 21.5 Å². The summed E-state index contributed by atoms with van der Waals surface area (Å²) in [4.78, 5) is 18.3. The molecule has 35 heavy (non-hydrogen) atoms. The van der Waals surface area contributed by atoms with Crippen LogP contribution < -0.4 is 21.5 Å². The van der Waals surface area contributed by atoms with Gasteiger partial charge in [-0.3, -0.25) is 9.79 Å². The lowest BCUT2D eigenvalue weighted by Crippen LogP contribution is -2.28. The fourth-order valence-electron chi connectivity index (χ4n) is 3.37. The van der Waals surface area contributed by atoms with E-state index in [1.807, 2.05) is 13.1 Å². The molecule has 0 saturated heterocycles. The number of amides is 1. The summed E-state index contributed by atoms with van der Waals surface area (Å²) >= 11 is 6.40. The molecule has 10 nitrogen and oxygen atoms in total. The van der Waals surface area contributed by atoms with Crippen molar-refractivity contribution in [1.82, 2.24) is 14.7 Å². The maximum Gasteiger partial charge on any atom is 0.261 e. The van der Waals surface area contributed by atoms with Crippen molar-refractivity contribution in [1.29, 1.82) is 5.41 Å². The first-order chi connectivity index (χ1) is 16.7. The maximum absolute atomic E-state index is 13.0. The largest absolute Gasteiger partial charge is 0.496 e. The molecule has 0 bridgehead atoms. The van der Waals surface area contributed by atoms with Crippen molar-refractivity contribution in [2.45, 2.75) is 6.92 Å². The van der Waals surface area contributed by atoms with Gasteiger partial charge in [0.2, 0.25) is 0 Å². The minimum absolute atomic E-state index is 0.302. The number of ether oxygens (including phenoxy) is 1. The quantitative estimate of drug-likeness (QED) is 0.277. The molecule has 0 aliphatic rings. The maximum atomic E-state index is 13.0. The van der Waals surface area contributed by atoms with Gasteiger partial charge in [-0.15, -0.1) is 5.10 Å². The van der Waals surface area contributed by atoms with Gasteiger partial charge in [0.25, 0.3) is 5.91 Å². The number of nitrogen functional groups attached to an aromatic ring is 1. The standard InChI is InChI=1S/C24H27ClN8O2/c1-14-13-33(31-23(14)30-20-8-7-19(28)18(11-27)22(20)25)15-5-6-17(21(9-15)35-4)24(34)32(3)16(10-26)12-29-2/h5-13,27H,26,28H2,1-4H3,(H,30,31)/b16-10+,27-11?,29-12?. The first-order valence-corrected chi connectivity index (χ1v) is 10.9. The summed E-state index contributed by atoms with van der Waals surface area (Å²) in [6, 6.07) is 8.57. The second-order valence-corrected chi connectivity index (χ2v) is 7.91. The zero-order chi connectivity index (χ0) is 25.7. The summed E-state index contributed by atoms with van der Waals surface area (Å²) < 4.78 is 7.16. The molecule has 3 aromatic rings. The van der Waals surface area contributed by atoms with Crippen molar-refractivity contribution < 1.29 is 9.53 Å². The summed E-state index contributed by atoms with van der Waals surface area (Å²) in [5.74, 6) is 0.649. The molecule has 0 aliphatic heterocycles. The van der Waals surface area contributed by atoms with Crippen LogP contribution in [0.15, 0.2) is 53.4 Å². The monoisotopic (exact) mass is 494 g/mol. The van der Waals surface area contributed by atoms with Crippen LogP contribution in [0.3, 0.4) is 0 Å². The lowest BCUT2D eigenvalue weighted by atomic mass is 10.1. The molecule has 0 atom stereocenters. The predicted octanol–water partition coefficient (Wildman–Crippen LogP) is 3.74. The average molecular weight is 495 g/mol. The van der Waals surface area contributed by atoms with Crippen LogP contribution in [0.4, 0.5) is 17.2 Å². The highest BCUT2D eigenvalue weighted by atomic mass is 35.5. The minimum Gasteiger partial charge on any atom is -0.496 e. The van der Waals surface area contributed by atoms with Crippen molar-refractivity contribution in [3.05, 3.63) is 70.1 Å². The van der Waals surface area contributed by atoms with E-state index in [2.05, 4.69) is 15.4 Å². The van der Waals surface area contributed by atoms with Gasteiger partial charge in [-0.2, -0.15) is 0 Å². The van der Waals surface area contributed by atoms with Crippen LogP contribution in [-0.2, 0) is 0 Å². The van der Waals surface area contributed by atoms with Crippen LogP contribution >= 0.6 is 11.6 Å². The molecule has 11 heteroatoms. The van der Waals surface area contributed by atoms with E-state index in [9.17, 15) is 4.79 Å². The van der Waals surface area contributed by atoms with Crippen molar-refractivity contribution in [3.8, 4) is 11.4 Å². The number of hydrogen-bond acceptors (Lipinski definition) is 8. The number of hydrogen-bond donors (Lipinski definition) is 4. The highest BCUT2D eigenvalue weighted by molar-refractivity contribution is 6.36. The van der Waals surface area contributed by atoms with Gasteiger partial charge in [0.15, 0.2) is 5.82 Å². The summed E-state index contributed by atoms with van der Waals surface area (Å²) in [5.41, 5.74) is 15.3. The number of methoxy groups -OCH3 is 1. The van der Waals surface area contributed by atoms with E-state index in [0.29, 0.717) is 50.5 Å². The summed E-state index contributed by atoms with van der Waals surface area (Å²) in [6.45, 7) is 1.90. The van der Waals surface area contributed by atoms with Crippen LogP contribution in [-0.4, -0.2) is 54.2 Å². The number of carbonyl (C=O) groups is 1. The van der Waals surface area contributed by atoms with Gasteiger partial charge in [-0.05, 0) is 31.2 Å². The number of allylic oxidation sites excluding steroid dienone is 1. The number of aryl methyl sites for hydroxylation is 1. The van der Waals surface area contributed by atoms with E-state index >= 15 is 0 Å². The zero-order valence-corrected chi connectivity index (χ0v) is 20.6. The highest BCUT2D eigenvalue weighted by Gasteiger charge is 2.20. The number of aromatic nitrogens is 2. The number of rotatable bonds is 8. The van der Waals surface area contributed by atoms with E-state index in [1.54, 1.807) is 49.1 Å². The van der Waals surface area contributed by atoms with Crippen LogP contribution in [0.25, 0.3) is 5.69 Å². The number of nitrogens with two attached hydrogens (primary N) is 2. The average Bonchev–Trinajstić information content (AvgIpc) is 3.23. The summed E-state index contributed by atoms with van der Waals surface area (Å²) in [5, 5.41) is 15.7. The van der Waals surface area contributed by atoms with E-state index in [4.69, 9.17) is 33.2 Å². The topological polar surface area (TPSA) is 148 Å². The van der Waals surface area contributed by atoms with E-state index < -0.39 is 0 Å². The molecule has 2 aromatic carbocycles. The lowest BCUT2D eigenvalue weighted by molar-refractivity contribution is 0.0840. The summed E-state index contributed by atoms with van der Waals surface area (Å²) in [6.07, 6.45) is 5.76. The number of nitrogens with one attached hydrogen (secondary N) is 2. The first-order valence-electron chi connectivity index (χ1n) is 10.5. The van der Waals surface area contributed by atoms with Gasteiger partial charge < -0.3 is 31.8 Å². The van der Waals surface area contributed by atoms with E-state index in [-0.39, 0.29) is 5.91 Å². The SMILES string of the molecule is CN=C/C(=C\N)N(C)C(=O)c1ccc(-n2cc(C)c(Nc3ccc(N)c(C=N)c3Cl)n2)cc1OC. The molecule has 3 rings (SSSR count). The van der Waals surface area contributed by atoms with Gasteiger partial charge in [0, 0.05) is 61.8 Å².